The maximum atomic E-state index is 14.4. The molecule has 2 aromatic carbocycles. The van der Waals surface area contributed by atoms with Crippen LogP contribution in [0, 0.1) is 5.82 Å². The molecule has 28 heavy (non-hydrogen) atoms. The molecule has 144 valence electrons. The molecule has 0 radical (unpaired) electrons. The molecule has 5 nitrogen and oxygen atoms in total. The van der Waals surface area contributed by atoms with Crippen LogP contribution in [0.2, 0.25) is 0 Å². The van der Waals surface area contributed by atoms with Gasteiger partial charge in [0.25, 0.3) is 0 Å². The standard InChI is InChI=1S/C22H22FN3O2/c1-3-21(27)25-11-9-17(10-12-25)26-14-16-13-15(7-8-19(16)24-26)22-18(23)5-4-6-20(22)28-2/h3-8,13-14,17H,1,9-12H2,2H3. The number of methoxy groups -OCH3 is 1. The lowest BCUT2D eigenvalue weighted by Gasteiger charge is -2.31. The van der Waals surface area contributed by atoms with Crippen LogP contribution in [0.25, 0.3) is 22.0 Å². The summed E-state index contributed by atoms with van der Waals surface area (Å²) in [7, 11) is 1.54. The number of halogens is 1. The van der Waals surface area contributed by atoms with Crippen LogP contribution in [-0.2, 0) is 4.79 Å². The highest BCUT2D eigenvalue weighted by molar-refractivity contribution is 5.87. The Balaban J connectivity index is 1.62. The number of carbonyl (C=O) groups is 1. The molecule has 1 aromatic heterocycles. The van der Waals surface area contributed by atoms with Crippen LogP contribution in [-0.4, -0.2) is 40.8 Å². The van der Waals surface area contributed by atoms with Crippen LogP contribution >= 0.6 is 0 Å². The maximum Gasteiger partial charge on any atom is 0.245 e. The maximum absolute atomic E-state index is 14.4. The van der Waals surface area contributed by atoms with E-state index in [4.69, 9.17) is 9.84 Å². The van der Waals surface area contributed by atoms with Crippen LogP contribution in [0.1, 0.15) is 18.9 Å². The van der Waals surface area contributed by atoms with E-state index in [0.29, 0.717) is 24.4 Å². The van der Waals surface area contributed by atoms with Gasteiger partial charge in [-0.05, 0) is 48.7 Å². The van der Waals surface area contributed by atoms with Crippen molar-refractivity contribution in [3.63, 3.8) is 0 Å². The van der Waals surface area contributed by atoms with Crippen molar-refractivity contribution in [1.82, 2.24) is 14.7 Å². The highest BCUT2D eigenvalue weighted by atomic mass is 19.1. The normalized spacial score (nSPS) is 15.0. The van der Waals surface area contributed by atoms with Crippen LogP contribution in [0.15, 0.2) is 55.3 Å². The summed E-state index contributed by atoms with van der Waals surface area (Å²) < 4.78 is 21.7. The highest BCUT2D eigenvalue weighted by Crippen LogP contribution is 2.34. The molecule has 0 bridgehead atoms. The average molecular weight is 379 g/mol. The Hall–Kier alpha value is -3.15. The van der Waals surface area contributed by atoms with Gasteiger partial charge in [0.1, 0.15) is 11.6 Å². The smallest absolute Gasteiger partial charge is 0.245 e. The Morgan fingerprint density at radius 3 is 2.79 bits per heavy atom. The lowest BCUT2D eigenvalue weighted by Crippen LogP contribution is -2.38. The van der Waals surface area contributed by atoms with Crippen molar-refractivity contribution in [3.05, 3.63) is 61.1 Å². The second-order valence-electron chi connectivity index (χ2n) is 6.96. The number of amides is 1. The molecule has 1 fully saturated rings. The van der Waals surface area contributed by atoms with Gasteiger partial charge in [-0.15, -0.1) is 0 Å². The Morgan fingerprint density at radius 1 is 1.29 bits per heavy atom. The topological polar surface area (TPSA) is 47.4 Å². The highest BCUT2D eigenvalue weighted by Gasteiger charge is 2.23. The molecular formula is C22H22FN3O2. The first kappa shape index (κ1) is 18.2. The minimum Gasteiger partial charge on any atom is -0.496 e. The largest absolute Gasteiger partial charge is 0.496 e. The lowest BCUT2D eigenvalue weighted by molar-refractivity contribution is -0.127. The third-order valence-electron chi connectivity index (χ3n) is 5.33. The minimum atomic E-state index is -0.314. The van der Waals surface area contributed by atoms with Gasteiger partial charge in [-0.2, -0.15) is 5.10 Å². The molecule has 1 aliphatic rings. The van der Waals surface area contributed by atoms with E-state index in [1.807, 2.05) is 34.0 Å². The second-order valence-corrected chi connectivity index (χ2v) is 6.96. The molecule has 6 heteroatoms. The number of hydrogen-bond donors (Lipinski definition) is 0. The predicted molar refractivity (Wildman–Crippen MR) is 107 cm³/mol. The van der Waals surface area contributed by atoms with Crippen molar-refractivity contribution in [3.8, 4) is 16.9 Å². The summed E-state index contributed by atoms with van der Waals surface area (Å²) in [6.45, 7) is 4.94. The number of rotatable bonds is 4. The Labute approximate surface area is 163 Å². The second kappa shape index (κ2) is 7.46. The number of benzene rings is 2. The molecule has 0 aliphatic carbocycles. The van der Waals surface area contributed by atoms with Gasteiger partial charge in [-0.25, -0.2) is 4.39 Å². The number of nitrogens with zero attached hydrogens (tertiary/aromatic N) is 3. The molecule has 0 spiro atoms. The Kier molecular flexibility index (Phi) is 4.86. The summed E-state index contributed by atoms with van der Waals surface area (Å²) in [5, 5.41) is 5.65. The van der Waals surface area contributed by atoms with Crippen molar-refractivity contribution in [2.24, 2.45) is 0 Å². The average Bonchev–Trinajstić information content (AvgIpc) is 3.16. The number of carbonyl (C=O) groups excluding carboxylic acids is 1. The number of hydrogen-bond acceptors (Lipinski definition) is 3. The summed E-state index contributed by atoms with van der Waals surface area (Å²) >= 11 is 0. The van der Waals surface area contributed by atoms with E-state index in [2.05, 4.69) is 6.58 Å². The third kappa shape index (κ3) is 3.26. The molecule has 0 saturated carbocycles. The number of aromatic nitrogens is 2. The first-order valence-electron chi connectivity index (χ1n) is 9.34. The van der Waals surface area contributed by atoms with E-state index in [9.17, 15) is 9.18 Å². The summed E-state index contributed by atoms with van der Waals surface area (Å²) in [5.41, 5.74) is 2.08. The monoisotopic (exact) mass is 379 g/mol. The number of piperidine rings is 1. The number of fused-ring (bicyclic) bond motifs is 1. The lowest BCUT2D eigenvalue weighted by atomic mass is 10.0. The van der Waals surface area contributed by atoms with Gasteiger partial charge in [-0.3, -0.25) is 9.48 Å². The molecule has 1 saturated heterocycles. The van der Waals surface area contributed by atoms with Gasteiger partial charge in [0, 0.05) is 24.7 Å². The Morgan fingerprint density at radius 2 is 2.07 bits per heavy atom. The fourth-order valence-corrected chi connectivity index (χ4v) is 3.82. The van der Waals surface area contributed by atoms with Crippen molar-refractivity contribution in [2.45, 2.75) is 18.9 Å². The predicted octanol–water partition coefficient (Wildman–Crippen LogP) is 4.20. The van der Waals surface area contributed by atoms with E-state index in [-0.39, 0.29) is 17.8 Å². The fourth-order valence-electron chi connectivity index (χ4n) is 3.82. The van der Waals surface area contributed by atoms with Gasteiger partial charge in [0.05, 0.1) is 24.2 Å². The molecule has 1 amide bonds. The van der Waals surface area contributed by atoms with Crippen LogP contribution < -0.4 is 4.74 Å². The van der Waals surface area contributed by atoms with Gasteiger partial charge in [0.2, 0.25) is 5.91 Å². The molecule has 0 unspecified atom stereocenters. The molecule has 0 N–H and O–H groups in total. The van der Waals surface area contributed by atoms with Crippen molar-refractivity contribution in [1.29, 1.82) is 0 Å². The third-order valence-corrected chi connectivity index (χ3v) is 5.33. The minimum absolute atomic E-state index is 0.0208. The van der Waals surface area contributed by atoms with Crippen LogP contribution in [0.4, 0.5) is 4.39 Å². The zero-order valence-corrected chi connectivity index (χ0v) is 15.8. The van der Waals surface area contributed by atoms with Gasteiger partial charge < -0.3 is 9.64 Å². The fraction of sp³-hybridized carbons (Fsp3) is 0.273. The van der Waals surface area contributed by atoms with E-state index in [1.54, 1.807) is 12.1 Å². The van der Waals surface area contributed by atoms with Crippen LogP contribution in [0.5, 0.6) is 5.75 Å². The quantitative estimate of drug-likeness (QED) is 0.639. The van der Waals surface area contributed by atoms with Gasteiger partial charge >= 0.3 is 0 Å². The summed E-state index contributed by atoms with van der Waals surface area (Å²) in [4.78, 5) is 13.6. The molecule has 4 rings (SSSR count). The van der Waals surface area contributed by atoms with Crippen molar-refractivity contribution in [2.75, 3.05) is 20.2 Å². The zero-order valence-electron chi connectivity index (χ0n) is 15.8. The SMILES string of the molecule is C=CC(=O)N1CCC(n2cc3cc(-c4c(F)cccc4OC)ccc3n2)CC1. The summed E-state index contributed by atoms with van der Waals surface area (Å²) in [6, 6.07) is 10.8. The Bertz CT molecular complexity index is 1040. The molecule has 3 aromatic rings. The first-order valence-corrected chi connectivity index (χ1v) is 9.34. The van der Waals surface area contributed by atoms with E-state index in [1.165, 1.54) is 19.3 Å². The van der Waals surface area contributed by atoms with Crippen molar-refractivity contribution < 1.29 is 13.9 Å². The first-order chi connectivity index (χ1) is 13.6. The van der Waals surface area contributed by atoms with Gasteiger partial charge in [0.15, 0.2) is 0 Å². The molecule has 1 aliphatic heterocycles. The van der Waals surface area contributed by atoms with E-state index < -0.39 is 0 Å². The molecule has 0 atom stereocenters. The van der Waals surface area contributed by atoms with E-state index >= 15 is 0 Å². The molecule has 2 heterocycles. The van der Waals surface area contributed by atoms with Crippen LogP contribution in [0.3, 0.4) is 0 Å². The molecular weight excluding hydrogens is 357 g/mol. The number of likely N-dealkylation sites (tertiary alicyclic amines) is 1. The van der Waals surface area contributed by atoms with Crippen molar-refractivity contribution >= 4 is 16.8 Å². The van der Waals surface area contributed by atoms with E-state index in [0.717, 1.165) is 29.3 Å². The summed E-state index contributed by atoms with van der Waals surface area (Å²) in [6.07, 6.45) is 5.06. The van der Waals surface area contributed by atoms with Gasteiger partial charge in [-0.1, -0.05) is 18.7 Å². The summed E-state index contributed by atoms with van der Waals surface area (Å²) in [5.74, 6) is 0.170. The zero-order chi connectivity index (χ0) is 19.7. The number of ether oxygens (including phenoxy) is 1.